The first-order chi connectivity index (χ1) is 11.6. The minimum absolute atomic E-state index is 0.137. The van der Waals surface area contributed by atoms with Gasteiger partial charge in [0.25, 0.3) is 5.22 Å². The molecule has 0 aliphatic rings. The molecule has 0 atom stereocenters. The molecule has 24 heavy (non-hydrogen) atoms. The molecular formula is C14H13N5O3S2. The molecule has 3 aromatic rings. The highest BCUT2D eigenvalue weighted by Gasteiger charge is 2.13. The average Bonchev–Trinajstić information content (AvgIpc) is 3.22. The largest absolute Gasteiger partial charge is 0.497 e. The highest BCUT2D eigenvalue weighted by atomic mass is 32.2. The number of ether oxygens (including phenoxy) is 1. The standard InChI is InChI=1S/C14H13N5O3S2/c1-8-16-18-13(24-8)15-11(20)7-23-14-19-17-12(22-14)9-4-3-5-10(6-9)21-2/h3-6H,7H2,1-2H3,(H,15,18,20). The van der Waals surface area contributed by atoms with E-state index in [4.69, 9.17) is 9.15 Å². The molecule has 0 fully saturated rings. The summed E-state index contributed by atoms with van der Waals surface area (Å²) in [5.74, 6) is 0.999. The summed E-state index contributed by atoms with van der Waals surface area (Å²) in [6.45, 7) is 1.82. The summed E-state index contributed by atoms with van der Waals surface area (Å²) in [4.78, 5) is 11.9. The molecule has 0 radical (unpaired) electrons. The molecule has 0 aliphatic heterocycles. The van der Waals surface area contributed by atoms with Crippen molar-refractivity contribution in [2.24, 2.45) is 0 Å². The number of anilines is 1. The van der Waals surface area contributed by atoms with E-state index in [0.717, 1.165) is 22.3 Å². The molecule has 124 valence electrons. The lowest BCUT2D eigenvalue weighted by Gasteiger charge is -2.00. The molecular weight excluding hydrogens is 350 g/mol. The van der Waals surface area contributed by atoms with Gasteiger partial charge in [-0.3, -0.25) is 10.1 Å². The van der Waals surface area contributed by atoms with E-state index in [-0.39, 0.29) is 11.7 Å². The maximum absolute atomic E-state index is 11.9. The molecule has 3 rings (SSSR count). The smallest absolute Gasteiger partial charge is 0.277 e. The Labute approximate surface area is 145 Å². The van der Waals surface area contributed by atoms with Crippen LogP contribution in [0.5, 0.6) is 5.75 Å². The van der Waals surface area contributed by atoms with Crippen molar-refractivity contribution in [3.05, 3.63) is 29.3 Å². The summed E-state index contributed by atoms with van der Waals surface area (Å²) in [6, 6.07) is 7.30. The molecule has 0 saturated carbocycles. The van der Waals surface area contributed by atoms with Gasteiger partial charge in [-0.1, -0.05) is 29.2 Å². The second kappa shape index (κ2) is 7.41. The molecule has 8 nitrogen and oxygen atoms in total. The molecule has 0 bridgehead atoms. The van der Waals surface area contributed by atoms with Gasteiger partial charge >= 0.3 is 0 Å². The molecule has 0 spiro atoms. The number of hydrogen-bond acceptors (Lipinski definition) is 9. The Balaban J connectivity index is 1.58. The van der Waals surface area contributed by atoms with Crippen molar-refractivity contribution in [2.75, 3.05) is 18.2 Å². The topological polar surface area (TPSA) is 103 Å². The monoisotopic (exact) mass is 363 g/mol. The van der Waals surface area contributed by atoms with E-state index >= 15 is 0 Å². The lowest BCUT2D eigenvalue weighted by atomic mass is 10.2. The maximum Gasteiger partial charge on any atom is 0.277 e. The number of amides is 1. The number of carbonyl (C=O) groups is 1. The molecule has 0 unspecified atom stereocenters. The van der Waals surface area contributed by atoms with Crippen LogP contribution in [0, 0.1) is 6.92 Å². The zero-order valence-corrected chi connectivity index (χ0v) is 14.5. The number of rotatable bonds is 6. The van der Waals surface area contributed by atoms with Crippen LogP contribution in [0.3, 0.4) is 0 Å². The quantitative estimate of drug-likeness (QED) is 0.667. The normalized spacial score (nSPS) is 10.6. The fourth-order valence-corrected chi connectivity index (χ4v) is 2.94. The fraction of sp³-hybridized carbons (Fsp3) is 0.214. The van der Waals surface area contributed by atoms with Crippen molar-refractivity contribution in [3.63, 3.8) is 0 Å². The number of methoxy groups -OCH3 is 1. The van der Waals surface area contributed by atoms with Gasteiger partial charge in [-0.25, -0.2) is 0 Å². The van der Waals surface area contributed by atoms with Gasteiger partial charge in [-0.2, -0.15) is 0 Å². The first-order valence-electron chi connectivity index (χ1n) is 6.85. The minimum Gasteiger partial charge on any atom is -0.497 e. The van der Waals surface area contributed by atoms with Crippen molar-refractivity contribution in [1.29, 1.82) is 0 Å². The number of aryl methyl sites for hydroxylation is 1. The maximum atomic E-state index is 11.9. The van der Waals surface area contributed by atoms with Crippen molar-refractivity contribution in [3.8, 4) is 17.2 Å². The van der Waals surface area contributed by atoms with E-state index in [1.54, 1.807) is 13.2 Å². The molecule has 1 aromatic carbocycles. The first kappa shape index (κ1) is 16.4. The van der Waals surface area contributed by atoms with Gasteiger partial charge in [0.1, 0.15) is 10.8 Å². The highest BCUT2D eigenvalue weighted by Crippen LogP contribution is 2.26. The number of thioether (sulfide) groups is 1. The number of carbonyl (C=O) groups excluding carboxylic acids is 1. The third-order valence-corrected chi connectivity index (χ3v) is 4.39. The van der Waals surface area contributed by atoms with Gasteiger partial charge in [0, 0.05) is 5.56 Å². The average molecular weight is 363 g/mol. The van der Waals surface area contributed by atoms with Crippen LogP contribution in [-0.4, -0.2) is 39.2 Å². The second-order valence-electron chi connectivity index (χ2n) is 4.57. The molecule has 0 saturated heterocycles. The van der Waals surface area contributed by atoms with Crippen LogP contribution in [0.15, 0.2) is 33.9 Å². The van der Waals surface area contributed by atoms with Crippen molar-refractivity contribution in [1.82, 2.24) is 20.4 Å². The van der Waals surface area contributed by atoms with Crippen LogP contribution in [0.4, 0.5) is 5.13 Å². The van der Waals surface area contributed by atoms with E-state index in [0.29, 0.717) is 22.0 Å². The third kappa shape index (κ3) is 4.09. The fourth-order valence-electron chi connectivity index (χ4n) is 1.77. The van der Waals surface area contributed by atoms with Crippen molar-refractivity contribution >= 4 is 34.1 Å². The number of hydrogen-bond donors (Lipinski definition) is 1. The Morgan fingerprint density at radius 2 is 2.21 bits per heavy atom. The van der Waals surface area contributed by atoms with Crippen molar-refractivity contribution in [2.45, 2.75) is 12.1 Å². The molecule has 1 N–H and O–H groups in total. The summed E-state index contributed by atoms with van der Waals surface area (Å²) >= 11 is 2.47. The Kier molecular flexibility index (Phi) is 5.06. The lowest BCUT2D eigenvalue weighted by molar-refractivity contribution is -0.113. The van der Waals surface area contributed by atoms with Gasteiger partial charge in [0.15, 0.2) is 0 Å². The second-order valence-corrected chi connectivity index (χ2v) is 6.68. The molecule has 10 heteroatoms. The lowest BCUT2D eigenvalue weighted by Crippen LogP contribution is -2.13. The van der Waals surface area contributed by atoms with E-state index in [2.05, 4.69) is 25.7 Å². The zero-order chi connectivity index (χ0) is 16.9. The Morgan fingerprint density at radius 1 is 1.33 bits per heavy atom. The van der Waals surface area contributed by atoms with Crippen LogP contribution < -0.4 is 10.1 Å². The van der Waals surface area contributed by atoms with E-state index in [1.807, 2.05) is 25.1 Å². The third-order valence-electron chi connectivity index (χ3n) is 2.82. The summed E-state index contributed by atoms with van der Waals surface area (Å²) in [7, 11) is 1.59. The van der Waals surface area contributed by atoms with Gasteiger partial charge < -0.3 is 9.15 Å². The number of nitrogens with zero attached hydrogens (tertiary/aromatic N) is 4. The van der Waals surface area contributed by atoms with Crippen LogP contribution in [0.25, 0.3) is 11.5 Å². The Morgan fingerprint density at radius 3 is 2.96 bits per heavy atom. The van der Waals surface area contributed by atoms with Gasteiger partial charge in [0.2, 0.25) is 16.9 Å². The predicted molar refractivity (Wildman–Crippen MR) is 90.3 cm³/mol. The van der Waals surface area contributed by atoms with Crippen LogP contribution in [-0.2, 0) is 4.79 Å². The molecule has 1 amide bonds. The minimum atomic E-state index is -0.211. The van der Waals surface area contributed by atoms with Crippen molar-refractivity contribution < 1.29 is 13.9 Å². The predicted octanol–water partition coefficient (Wildman–Crippen LogP) is 2.64. The van der Waals surface area contributed by atoms with E-state index in [1.165, 1.54) is 11.3 Å². The summed E-state index contributed by atoms with van der Waals surface area (Å²) in [6.07, 6.45) is 0. The van der Waals surface area contributed by atoms with E-state index < -0.39 is 0 Å². The molecule has 2 aromatic heterocycles. The number of aromatic nitrogens is 4. The number of benzene rings is 1. The van der Waals surface area contributed by atoms with Gasteiger partial charge in [-0.05, 0) is 25.1 Å². The number of nitrogens with one attached hydrogen (secondary N) is 1. The summed E-state index contributed by atoms with van der Waals surface area (Å²) < 4.78 is 10.7. The Bertz CT molecular complexity index is 848. The Hall–Kier alpha value is -2.46. The highest BCUT2D eigenvalue weighted by molar-refractivity contribution is 7.99. The first-order valence-corrected chi connectivity index (χ1v) is 8.65. The van der Waals surface area contributed by atoms with Crippen LogP contribution in [0.2, 0.25) is 0 Å². The zero-order valence-electron chi connectivity index (χ0n) is 12.8. The molecule has 2 heterocycles. The summed E-state index contributed by atoms with van der Waals surface area (Å²) in [5.41, 5.74) is 0.752. The molecule has 0 aliphatic carbocycles. The SMILES string of the molecule is COc1cccc(-c2nnc(SCC(=O)Nc3nnc(C)s3)o2)c1. The van der Waals surface area contributed by atoms with Gasteiger partial charge in [0.05, 0.1) is 12.9 Å². The van der Waals surface area contributed by atoms with Gasteiger partial charge in [-0.15, -0.1) is 20.4 Å². The van der Waals surface area contributed by atoms with E-state index in [9.17, 15) is 4.79 Å². The van der Waals surface area contributed by atoms with Crippen LogP contribution in [0.1, 0.15) is 5.01 Å². The summed E-state index contributed by atoms with van der Waals surface area (Å²) in [5, 5.41) is 19.8. The van der Waals surface area contributed by atoms with Crippen LogP contribution >= 0.6 is 23.1 Å².